The van der Waals surface area contributed by atoms with Crippen LogP contribution in [-0.2, 0) is 12.4 Å². The summed E-state index contributed by atoms with van der Waals surface area (Å²) in [4.78, 5) is 0. The van der Waals surface area contributed by atoms with Gasteiger partial charge in [-0.3, -0.25) is 0 Å². The second-order valence-electron chi connectivity index (χ2n) is 11.1. The average Bonchev–Trinajstić information content (AvgIpc) is 3.59. The van der Waals surface area contributed by atoms with E-state index < -0.39 is 126 Å². The van der Waals surface area contributed by atoms with E-state index in [1.54, 1.807) is 0 Å². The Morgan fingerprint density at radius 3 is 0.929 bits per heavy atom. The number of allylic oxidation sites excluding steroid dienone is 8. The molecule has 0 spiro atoms. The van der Waals surface area contributed by atoms with Gasteiger partial charge in [0.2, 0.25) is 0 Å². The number of ether oxygens (including phenoxy) is 2. The summed E-state index contributed by atoms with van der Waals surface area (Å²) in [6, 6.07) is 12.6. The Bertz CT molecular complexity index is 2400. The Kier molecular flexibility index (Phi) is 9.62. The molecule has 0 bridgehead atoms. The molecule has 3 aromatic carbocycles. The minimum Gasteiger partial charge on any atom is -0.406 e. The van der Waals surface area contributed by atoms with Gasteiger partial charge in [0.1, 0.15) is 59.1 Å². The van der Waals surface area contributed by atoms with Gasteiger partial charge in [0.25, 0.3) is 0 Å². The minimum absolute atomic E-state index is 0.569. The first-order chi connectivity index (χ1) is 26.1. The molecule has 0 heterocycles. The molecule has 2 aliphatic rings. The fourth-order valence-electron chi connectivity index (χ4n) is 6.29. The third-order valence-electron chi connectivity index (χ3n) is 7.99. The highest BCUT2D eigenvalue weighted by Gasteiger charge is 2.54. The molecule has 0 atom stereocenters. The largest absolute Gasteiger partial charge is 0.573 e. The van der Waals surface area contributed by atoms with Gasteiger partial charge in [-0.1, -0.05) is 24.3 Å². The molecule has 20 heteroatoms. The van der Waals surface area contributed by atoms with Crippen molar-refractivity contribution in [2.75, 3.05) is 0 Å². The van der Waals surface area contributed by atoms with E-state index in [1.807, 2.05) is 0 Å². The molecule has 0 aromatic heterocycles. The Morgan fingerprint density at radius 1 is 0.429 bits per heavy atom. The first-order valence-corrected chi connectivity index (χ1v) is 14.6. The predicted octanol–water partition coefficient (Wildman–Crippen LogP) is 10.0. The van der Waals surface area contributed by atoms with Crippen molar-refractivity contribution < 1.29 is 62.2 Å². The van der Waals surface area contributed by atoms with Gasteiger partial charge in [0.05, 0.1) is 22.3 Å². The maximum atomic E-state index is 15.6. The average molecular weight is 784 g/mol. The number of nitrogens with zero attached hydrogens (tertiary/aromatic N) is 6. The van der Waals surface area contributed by atoms with Crippen molar-refractivity contribution in [2.24, 2.45) is 0 Å². The number of rotatable bonds is 4. The van der Waals surface area contributed by atoms with E-state index >= 15 is 26.3 Å². The van der Waals surface area contributed by atoms with Crippen LogP contribution in [0.2, 0.25) is 0 Å². The van der Waals surface area contributed by atoms with E-state index in [-0.39, 0.29) is 0 Å². The zero-order valence-corrected chi connectivity index (χ0v) is 26.7. The molecule has 278 valence electrons. The lowest BCUT2D eigenvalue weighted by atomic mass is 9.81. The highest BCUT2D eigenvalue weighted by Crippen LogP contribution is 2.62. The van der Waals surface area contributed by atoms with E-state index in [4.69, 9.17) is 0 Å². The molecule has 0 N–H and O–H groups in total. The molecule has 3 aromatic rings. The van der Waals surface area contributed by atoms with Crippen LogP contribution >= 0.6 is 0 Å². The summed E-state index contributed by atoms with van der Waals surface area (Å²) >= 11 is 0. The van der Waals surface area contributed by atoms with Crippen molar-refractivity contribution >= 4 is 33.4 Å². The van der Waals surface area contributed by atoms with Crippen molar-refractivity contribution in [1.29, 1.82) is 31.6 Å². The second-order valence-corrected chi connectivity index (χ2v) is 11.1. The zero-order chi connectivity index (χ0) is 41.7. The minimum atomic E-state index is -5.88. The number of alkyl halides is 12. The molecule has 0 amide bonds. The van der Waals surface area contributed by atoms with Crippen molar-refractivity contribution in [2.45, 2.75) is 25.1 Å². The van der Waals surface area contributed by atoms with E-state index in [0.29, 0.717) is 48.5 Å². The SMILES string of the molecule is N#CC(C#N)=C1C(c2ccc(OC(F)(F)F)cc2)=C(C#N)c2c1c(C(F)(F)F)c1c(c2C(F)(F)F)C(=C(C#N)C#N)C(c2ccc(OC(F)(F)F)cc2)=C1C#N. The fraction of sp³-hybridized carbons (Fsp3) is 0.111. The Morgan fingerprint density at radius 2 is 0.714 bits per heavy atom. The van der Waals surface area contributed by atoms with Gasteiger partial charge in [-0.2, -0.15) is 57.9 Å². The summed E-state index contributed by atoms with van der Waals surface area (Å²) in [6.07, 6.45) is -22.3. The predicted molar refractivity (Wildman–Crippen MR) is 164 cm³/mol. The summed E-state index contributed by atoms with van der Waals surface area (Å²) < 4.78 is 178. The Hall–Kier alpha value is -7.68. The molecule has 0 fully saturated rings. The van der Waals surface area contributed by atoms with Gasteiger partial charge in [-0.15, -0.1) is 26.3 Å². The highest BCUT2D eigenvalue weighted by molar-refractivity contribution is 6.31. The second kappa shape index (κ2) is 13.6. The third-order valence-corrected chi connectivity index (χ3v) is 7.99. The van der Waals surface area contributed by atoms with Crippen LogP contribution in [0.15, 0.2) is 59.7 Å². The van der Waals surface area contributed by atoms with Gasteiger partial charge < -0.3 is 9.47 Å². The quantitative estimate of drug-likeness (QED) is 0.187. The maximum Gasteiger partial charge on any atom is 0.573 e. The van der Waals surface area contributed by atoms with E-state index in [2.05, 4.69) is 9.47 Å². The lowest BCUT2D eigenvalue weighted by Gasteiger charge is -2.24. The Labute approximate surface area is 304 Å². The van der Waals surface area contributed by atoms with Crippen LogP contribution in [0.4, 0.5) is 52.7 Å². The molecule has 0 saturated carbocycles. The number of hydrogen-bond acceptors (Lipinski definition) is 8. The van der Waals surface area contributed by atoms with Gasteiger partial charge >= 0.3 is 25.1 Å². The molecule has 8 nitrogen and oxygen atoms in total. The van der Waals surface area contributed by atoms with Gasteiger partial charge in [0.15, 0.2) is 0 Å². The highest BCUT2D eigenvalue weighted by atomic mass is 19.4. The summed E-state index contributed by atoms with van der Waals surface area (Å²) in [5.41, 5.74) is -21.8. The number of halogens is 12. The molecule has 0 saturated heterocycles. The van der Waals surface area contributed by atoms with E-state index in [0.717, 1.165) is 0 Å². The summed E-state index contributed by atoms with van der Waals surface area (Å²) in [7, 11) is 0. The van der Waals surface area contributed by atoms with Crippen LogP contribution in [0, 0.1) is 68.0 Å². The van der Waals surface area contributed by atoms with Crippen LogP contribution in [0.3, 0.4) is 0 Å². The maximum absolute atomic E-state index is 15.6. The van der Waals surface area contributed by atoms with E-state index in [1.165, 1.54) is 36.4 Å². The van der Waals surface area contributed by atoms with Crippen LogP contribution in [0.5, 0.6) is 11.5 Å². The zero-order valence-electron chi connectivity index (χ0n) is 26.7. The van der Waals surface area contributed by atoms with E-state index in [9.17, 15) is 57.9 Å². The topological polar surface area (TPSA) is 161 Å². The van der Waals surface area contributed by atoms with Crippen molar-refractivity contribution in [3.8, 4) is 47.9 Å². The van der Waals surface area contributed by atoms with Crippen LogP contribution in [0.1, 0.15) is 44.5 Å². The van der Waals surface area contributed by atoms with Crippen LogP contribution in [-0.4, -0.2) is 12.7 Å². The summed E-state index contributed by atoms with van der Waals surface area (Å²) in [6.45, 7) is 0. The van der Waals surface area contributed by atoms with Crippen LogP contribution < -0.4 is 9.47 Å². The first kappa shape index (κ1) is 39.5. The third kappa shape index (κ3) is 6.80. The fourth-order valence-corrected chi connectivity index (χ4v) is 6.29. The normalized spacial score (nSPS) is 13.8. The summed E-state index contributed by atoms with van der Waals surface area (Å²) in [5, 5.41) is 60.2. The lowest BCUT2D eigenvalue weighted by Crippen LogP contribution is -2.20. The number of benzene rings is 3. The van der Waals surface area contributed by atoms with Gasteiger partial charge in [-0.05, 0) is 35.4 Å². The molecular formula is C36H8F12N6O2. The molecule has 0 unspecified atom stereocenters. The number of nitriles is 6. The monoisotopic (exact) mass is 784 g/mol. The molecule has 56 heavy (non-hydrogen) atoms. The lowest BCUT2D eigenvalue weighted by molar-refractivity contribution is -0.275. The number of hydrogen-bond donors (Lipinski definition) is 0. The van der Waals surface area contributed by atoms with Gasteiger partial charge in [-0.25, -0.2) is 0 Å². The Balaban J connectivity index is 2.07. The molecule has 5 rings (SSSR count). The first-order valence-electron chi connectivity index (χ1n) is 14.6. The van der Waals surface area contributed by atoms with Crippen LogP contribution in [0.25, 0.3) is 33.4 Å². The standard InChI is InChI=1S/C36H8F12N6O2/c37-33(38,39)31-27-21(13-53)23(15-1-5-19(6-2-15)55-35(43,44)45)25(17(9-49)10-50)29(27)32(34(40,41)42)28-22(14-54)24(26(30(28)31)18(11-51)12-52)16-3-7-20(8-4-16)56-36(46,47)48/h1-8H. The smallest absolute Gasteiger partial charge is 0.406 e. The summed E-state index contributed by atoms with van der Waals surface area (Å²) in [5.74, 6) is -1.87. The van der Waals surface area contributed by atoms with Crippen molar-refractivity contribution in [3.05, 3.63) is 104 Å². The van der Waals surface area contributed by atoms with Crippen molar-refractivity contribution in [3.63, 3.8) is 0 Å². The molecule has 0 aliphatic heterocycles. The van der Waals surface area contributed by atoms with Crippen molar-refractivity contribution in [1.82, 2.24) is 0 Å². The molecule has 2 aliphatic carbocycles. The number of fused-ring (bicyclic) bond motifs is 2. The molecule has 0 radical (unpaired) electrons. The molecular weight excluding hydrogens is 776 g/mol. The van der Waals surface area contributed by atoms with Gasteiger partial charge in [0, 0.05) is 44.5 Å².